The summed E-state index contributed by atoms with van der Waals surface area (Å²) in [6, 6.07) is 3.72. The first kappa shape index (κ1) is 12.6. The van der Waals surface area contributed by atoms with Gasteiger partial charge in [0.05, 0.1) is 12.9 Å². The number of aromatic nitrogens is 4. The van der Waals surface area contributed by atoms with Crippen molar-refractivity contribution in [2.45, 2.75) is 13.0 Å². The Morgan fingerprint density at radius 1 is 1.35 bits per heavy atom. The molecule has 20 heavy (non-hydrogen) atoms. The first-order valence-corrected chi connectivity index (χ1v) is 6.24. The lowest BCUT2D eigenvalue weighted by molar-refractivity contribution is 0.178. The van der Waals surface area contributed by atoms with Gasteiger partial charge in [-0.05, 0) is 19.1 Å². The summed E-state index contributed by atoms with van der Waals surface area (Å²) in [6.45, 7) is 2.37. The second-order valence-electron chi connectivity index (χ2n) is 4.42. The SMILES string of the molecule is COC[C@H](Nc1ncnc2nc[nH]c12)c1ccc(C)o1. The second-order valence-corrected chi connectivity index (χ2v) is 4.42. The minimum Gasteiger partial charge on any atom is -0.464 e. The molecule has 3 heterocycles. The lowest BCUT2D eigenvalue weighted by Gasteiger charge is -2.16. The topological polar surface area (TPSA) is 88.9 Å². The highest BCUT2D eigenvalue weighted by Gasteiger charge is 2.17. The molecule has 2 N–H and O–H groups in total. The van der Waals surface area contributed by atoms with Crippen molar-refractivity contribution in [2.75, 3.05) is 19.0 Å². The van der Waals surface area contributed by atoms with Gasteiger partial charge in [-0.15, -0.1) is 0 Å². The summed E-state index contributed by atoms with van der Waals surface area (Å²) in [5, 5.41) is 3.30. The lowest BCUT2D eigenvalue weighted by atomic mass is 10.2. The third-order valence-electron chi connectivity index (χ3n) is 2.97. The van der Waals surface area contributed by atoms with Crippen LogP contribution in [0.2, 0.25) is 0 Å². The highest BCUT2D eigenvalue weighted by Crippen LogP contribution is 2.23. The quantitative estimate of drug-likeness (QED) is 0.739. The van der Waals surface area contributed by atoms with Gasteiger partial charge in [0.2, 0.25) is 0 Å². The molecule has 0 spiro atoms. The van der Waals surface area contributed by atoms with E-state index in [4.69, 9.17) is 9.15 Å². The van der Waals surface area contributed by atoms with Crippen molar-refractivity contribution in [3.05, 3.63) is 36.3 Å². The number of aromatic amines is 1. The molecule has 1 atom stereocenters. The van der Waals surface area contributed by atoms with Crippen LogP contribution in [0, 0.1) is 6.92 Å². The maximum absolute atomic E-state index is 5.65. The summed E-state index contributed by atoms with van der Waals surface area (Å²) in [4.78, 5) is 15.5. The summed E-state index contributed by atoms with van der Waals surface area (Å²) in [5.74, 6) is 2.33. The Kier molecular flexibility index (Phi) is 3.34. The predicted octanol–water partition coefficient (Wildman–Crippen LogP) is 2.05. The monoisotopic (exact) mass is 273 g/mol. The normalized spacial score (nSPS) is 12.7. The first-order valence-electron chi connectivity index (χ1n) is 6.24. The molecule has 7 heteroatoms. The molecule has 0 amide bonds. The van der Waals surface area contributed by atoms with Crippen molar-refractivity contribution < 1.29 is 9.15 Å². The molecule has 3 rings (SSSR count). The maximum atomic E-state index is 5.65. The zero-order chi connectivity index (χ0) is 13.9. The molecule has 0 aliphatic carbocycles. The van der Waals surface area contributed by atoms with Crippen molar-refractivity contribution >= 4 is 17.0 Å². The molecule has 7 nitrogen and oxygen atoms in total. The van der Waals surface area contributed by atoms with E-state index in [9.17, 15) is 0 Å². The Bertz CT molecular complexity index is 705. The molecule has 0 unspecified atom stereocenters. The molecule has 0 saturated heterocycles. The van der Waals surface area contributed by atoms with Gasteiger partial charge in [-0.1, -0.05) is 0 Å². The molecule has 0 fully saturated rings. The fourth-order valence-electron chi connectivity index (χ4n) is 2.04. The van der Waals surface area contributed by atoms with Gasteiger partial charge in [0.1, 0.15) is 29.4 Å². The molecule has 3 aromatic rings. The summed E-state index contributed by atoms with van der Waals surface area (Å²) in [5.41, 5.74) is 1.38. The van der Waals surface area contributed by atoms with Gasteiger partial charge in [-0.25, -0.2) is 15.0 Å². The van der Waals surface area contributed by atoms with E-state index in [1.165, 1.54) is 6.33 Å². The Morgan fingerprint density at radius 3 is 3.00 bits per heavy atom. The summed E-state index contributed by atoms with van der Waals surface area (Å²) in [6.07, 6.45) is 3.07. The van der Waals surface area contributed by atoms with E-state index in [0.29, 0.717) is 18.1 Å². The van der Waals surface area contributed by atoms with Crippen molar-refractivity contribution in [1.82, 2.24) is 19.9 Å². The van der Waals surface area contributed by atoms with Crippen LogP contribution < -0.4 is 5.32 Å². The van der Waals surface area contributed by atoms with Crippen molar-refractivity contribution in [2.24, 2.45) is 0 Å². The number of methoxy groups -OCH3 is 1. The Hall–Kier alpha value is -2.41. The van der Waals surface area contributed by atoms with Gasteiger partial charge in [0.15, 0.2) is 11.5 Å². The minimum atomic E-state index is -0.130. The molecule has 0 aliphatic heterocycles. The van der Waals surface area contributed by atoms with E-state index in [0.717, 1.165) is 17.0 Å². The molecule has 0 aromatic carbocycles. The highest BCUT2D eigenvalue weighted by molar-refractivity contribution is 5.82. The fraction of sp³-hybridized carbons (Fsp3) is 0.308. The smallest absolute Gasteiger partial charge is 0.182 e. The number of hydrogen-bond donors (Lipinski definition) is 2. The number of aryl methyl sites for hydroxylation is 1. The van der Waals surface area contributed by atoms with Crippen molar-refractivity contribution in [3.63, 3.8) is 0 Å². The van der Waals surface area contributed by atoms with Gasteiger partial charge < -0.3 is 19.5 Å². The maximum Gasteiger partial charge on any atom is 0.182 e. The molecule has 0 saturated carbocycles. The molecule has 3 aromatic heterocycles. The number of nitrogens with one attached hydrogen (secondary N) is 2. The third kappa shape index (κ3) is 2.35. The fourth-order valence-corrected chi connectivity index (χ4v) is 2.04. The Morgan fingerprint density at radius 2 is 2.25 bits per heavy atom. The molecular formula is C13H15N5O2. The standard InChI is InChI=1S/C13H15N5O2/c1-8-3-4-10(20-8)9(5-19-2)18-13-11-12(15-6-14-11)16-7-17-13/h3-4,6-7,9H,5H2,1-2H3,(H2,14,15,16,17,18)/t9-/m0/s1. The van der Waals surface area contributed by atoms with Crippen LogP contribution in [0.1, 0.15) is 17.6 Å². The van der Waals surface area contributed by atoms with Crippen LogP contribution in [0.15, 0.2) is 29.2 Å². The molecule has 0 radical (unpaired) electrons. The van der Waals surface area contributed by atoms with Crippen molar-refractivity contribution in [1.29, 1.82) is 0 Å². The number of imidazole rings is 1. The number of anilines is 1. The van der Waals surface area contributed by atoms with E-state index >= 15 is 0 Å². The molecular weight excluding hydrogens is 258 g/mol. The highest BCUT2D eigenvalue weighted by atomic mass is 16.5. The molecule has 0 aliphatic rings. The van der Waals surface area contributed by atoms with Gasteiger partial charge in [-0.2, -0.15) is 0 Å². The number of fused-ring (bicyclic) bond motifs is 1. The number of rotatable bonds is 5. The van der Waals surface area contributed by atoms with E-state index < -0.39 is 0 Å². The Balaban J connectivity index is 1.91. The zero-order valence-corrected chi connectivity index (χ0v) is 11.3. The predicted molar refractivity (Wildman–Crippen MR) is 73.4 cm³/mol. The van der Waals surface area contributed by atoms with Crippen molar-refractivity contribution in [3.8, 4) is 0 Å². The average molecular weight is 273 g/mol. The minimum absolute atomic E-state index is 0.130. The van der Waals surface area contributed by atoms with Gasteiger partial charge in [-0.3, -0.25) is 0 Å². The Labute approximate surface area is 115 Å². The number of H-pyrrole nitrogens is 1. The van der Waals surface area contributed by atoms with E-state index in [1.54, 1.807) is 13.4 Å². The number of nitrogens with zero attached hydrogens (tertiary/aromatic N) is 3. The van der Waals surface area contributed by atoms with Gasteiger partial charge >= 0.3 is 0 Å². The average Bonchev–Trinajstić information content (AvgIpc) is 3.07. The summed E-state index contributed by atoms with van der Waals surface area (Å²) < 4.78 is 10.9. The third-order valence-corrected chi connectivity index (χ3v) is 2.97. The number of furan rings is 1. The number of ether oxygens (including phenoxy) is 1. The van der Waals surface area contributed by atoms with Gasteiger partial charge in [0.25, 0.3) is 0 Å². The molecule has 0 bridgehead atoms. The van der Waals surface area contributed by atoms with Crippen LogP contribution in [0.5, 0.6) is 0 Å². The van der Waals surface area contributed by atoms with Crippen LogP contribution in [0.25, 0.3) is 11.2 Å². The van der Waals surface area contributed by atoms with Gasteiger partial charge in [0, 0.05) is 7.11 Å². The largest absolute Gasteiger partial charge is 0.464 e. The number of hydrogen-bond acceptors (Lipinski definition) is 6. The zero-order valence-electron chi connectivity index (χ0n) is 11.3. The van der Waals surface area contributed by atoms with Crippen LogP contribution in [-0.4, -0.2) is 33.7 Å². The lowest BCUT2D eigenvalue weighted by Crippen LogP contribution is -2.16. The van der Waals surface area contributed by atoms with E-state index in [1.807, 2.05) is 19.1 Å². The molecule has 104 valence electrons. The van der Waals surface area contributed by atoms with Crippen LogP contribution in [0.4, 0.5) is 5.82 Å². The second kappa shape index (κ2) is 5.30. The van der Waals surface area contributed by atoms with Crippen LogP contribution in [-0.2, 0) is 4.74 Å². The van der Waals surface area contributed by atoms with E-state index in [-0.39, 0.29) is 6.04 Å². The summed E-state index contributed by atoms with van der Waals surface area (Å²) in [7, 11) is 1.65. The first-order chi connectivity index (χ1) is 9.78. The van der Waals surface area contributed by atoms with Crippen LogP contribution >= 0.6 is 0 Å². The van der Waals surface area contributed by atoms with E-state index in [2.05, 4.69) is 25.3 Å². The summed E-state index contributed by atoms with van der Waals surface area (Å²) >= 11 is 0. The van der Waals surface area contributed by atoms with Crippen LogP contribution in [0.3, 0.4) is 0 Å².